The number of rotatable bonds is 3. The molecule has 0 fully saturated rings. The number of phenolic OH excluding ortho intramolecular Hbond substituents is 3. The lowest BCUT2D eigenvalue weighted by Gasteiger charge is -2.15. The van der Waals surface area contributed by atoms with E-state index in [0.29, 0.717) is 5.56 Å². The van der Waals surface area contributed by atoms with Gasteiger partial charge in [0.15, 0.2) is 11.5 Å². The summed E-state index contributed by atoms with van der Waals surface area (Å²) in [5.41, 5.74) is 3.73. The third-order valence-electron chi connectivity index (χ3n) is 3.36. The minimum atomic E-state index is -0.312. The molecule has 0 spiro atoms. The summed E-state index contributed by atoms with van der Waals surface area (Å²) in [6, 6.07) is 8.61. The van der Waals surface area contributed by atoms with E-state index in [0.717, 1.165) is 29.5 Å². The van der Waals surface area contributed by atoms with Crippen LogP contribution in [-0.2, 0) is 12.8 Å². The van der Waals surface area contributed by atoms with Crippen LogP contribution >= 0.6 is 0 Å². The first-order chi connectivity index (χ1) is 9.08. The standard InChI is InChI=1S/C16H18O3/c1-3-10-6-5-7-11(4-2)16(10)12-8-14(18)15(19)9-13(12)17/h5-9,17-19H,3-4H2,1-2H3. The van der Waals surface area contributed by atoms with Crippen molar-refractivity contribution in [2.75, 3.05) is 0 Å². The van der Waals surface area contributed by atoms with Gasteiger partial charge in [-0.3, -0.25) is 0 Å². The molecule has 2 rings (SSSR count). The van der Waals surface area contributed by atoms with E-state index in [-0.39, 0.29) is 17.2 Å². The molecule has 19 heavy (non-hydrogen) atoms. The van der Waals surface area contributed by atoms with Gasteiger partial charge in [0, 0.05) is 11.6 Å². The zero-order chi connectivity index (χ0) is 14.0. The molecule has 0 atom stereocenters. The smallest absolute Gasteiger partial charge is 0.161 e. The van der Waals surface area contributed by atoms with Crippen LogP contribution in [0.2, 0.25) is 0 Å². The van der Waals surface area contributed by atoms with Gasteiger partial charge in [-0.15, -0.1) is 0 Å². The molecule has 0 aliphatic rings. The normalized spacial score (nSPS) is 10.6. The van der Waals surface area contributed by atoms with Crippen LogP contribution in [-0.4, -0.2) is 15.3 Å². The largest absolute Gasteiger partial charge is 0.507 e. The summed E-state index contributed by atoms with van der Waals surface area (Å²) in [6.45, 7) is 4.10. The number of aryl methyl sites for hydroxylation is 2. The fourth-order valence-corrected chi connectivity index (χ4v) is 2.35. The fraction of sp³-hybridized carbons (Fsp3) is 0.250. The highest BCUT2D eigenvalue weighted by atomic mass is 16.3. The van der Waals surface area contributed by atoms with E-state index < -0.39 is 0 Å². The first-order valence-corrected chi connectivity index (χ1v) is 6.44. The van der Waals surface area contributed by atoms with E-state index >= 15 is 0 Å². The Balaban J connectivity index is 2.74. The monoisotopic (exact) mass is 258 g/mol. The molecular weight excluding hydrogens is 240 g/mol. The maximum Gasteiger partial charge on any atom is 0.161 e. The highest BCUT2D eigenvalue weighted by Crippen LogP contribution is 2.41. The molecule has 0 unspecified atom stereocenters. The van der Waals surface area contributed by atoms with Crippen LogP contribution in [0.5, 0.6) is 17.2 Å². The second-order valence-corrected chi connectivity index (χ2v) is 4.52. The van der Waals surface area contributed by atoms with Crippen LogP contribution in [0.1, 0.15) is 25.0 Å². The van der Waals surface area contributed by atoms with Gasteiger partial charge >= 0.3 is 0 Å². The summed E-state index contributed by atoms with van der Waals surface area (Å²) >= 11 is 0. The Labute approximate surface area is 112 Å². The van der Waals surface area contributed by atoms with Crippen molar-refractivity contribution in [1.29, 1.82) is 0 Å². The molecule has 0 heterocycles. The third kappa shape index (κ3) is 2.36. The molecule has 0 aliphatic heterocycles. The molecule has 3 heteroatoms. The van der Waals surface area contributed by atoms with Gasteiger partial charge in [0.05, 0.1) is 0 Å². The Kier molecular flexibility index (Phi) is 3.65. The Morgan fingerprint density at radius 1 is 0.789 bits per heavy atom. The van der Waals surface area contributed by atoms with Crippen molar-refractivity contribution < 1.29 is 15.3 Å². The van der Waals surface area contributed by atoms with Gasteiger partial charge in [0.25, 0.3) is 0 Å². The van der Waals surface area contributed by atoms with Gasteiger partial charge in [-0.05, 0) is 35.6 Å². The molecule has 3 nitrogen and oxygen atoms in total. The minimum Gasteiger partial charge on any atom is -0.507 e. The second-order valence-electron chi connectivity index (χ2n) is 4.52. The van der Waals surface area contributed by atoms with Crippen LogP contribution < -0.4 is 0 Å². The van der Waals surface area contributed by atoms with Gasteiger partial charge in [0.2, 0.25) is 0 Å². The van der Waals surface area contributed by atoms with Crippen LogP contribution in [0.25, 0.3) is 11.1 Å². The van der Waals surface area contributed by atoms with Crippen LogP contribution in [0.4, 0.5) is 0 Å². The molecule has 0 aliphatic carbocycles. The average Bonchev–Trinajstić information content (AvgIpc) is 2.42. The highest BCUT2D eigenvalue weighted by molar-refractivity contribution is 5.78. The van der Waals surface area contributed by atoms with E-state index in [1.807, 2.05) is 18.2 Å². The molecule has 2 aromatic rings. The summed E-state index contributed by atoms with van der Waals surface area (Å²) in [4.78, 5) is 0. The minimum absolute atomic E-state index is 0.0223. The van der Waals surface area contributed by atoms with E-state index in [1.54, 1.807) is 0 Å². The summed E-state index contributed by atoms with van der Waals surface area (Å²) in [5.74, 6) is -0.556. The van der Waals surface area contributed by atoms with Crippen LogP contribution in [0.15, 0.2) is 30.3 Å². The molecule has 0 saturated heterocycles. The quantitative estimate of drug-likeness (QED) is 0.582. The van der Waals surface area contributed by atoms with Crippen molar-refractivity contribution in [2.24, 2.45) is 0 Å². The molecule has 0 saturated carbocycles. The van der Waals surface area contributed by atoms with Gasteiger partial charge in [-0.2, -0.15) is 0 Å². The number of hydrogen-bond acceptors (Lipinski definition) is 3. The molecule has 0 radical (unpaired) electrons. The van der Waals surface area contributed by atoms with Gasteiger partial charge in [0.1, 0.15) is 5.75 Å². The van der Waals surface area contributed by atoms with Gasteiger partial charge < -0.3 is 15.3 Å². The summed E-state index contributed by atoms with van der Waals surface area (Å²) in [7, 11) is 0. The molecule has 0 bridgehead atoms. The fourth-order valence-electron chi connectivity index (χ4n) is 2.35. The lowest BCUT2D eigenvalue weighted by atomic mass is 9.91. The van der Waals surface area contributed by atoms with Gasteiger partial charge in [-0.1, -0.05) is 32.0 Å². The average molecular weight is 258 g/mol. The van der Waals surface area contributed by atoms with E-state index in [9.17, 15) is 15.3 Å². The van der Waals surface area contributed by atoms with Crippen molar-refractivity contribution in [2.45, 2.75) is 26.7 Å². The van der Waals surface area contributed by atoms with Crippen molar-refractivity contribution in [1.82, 2.24) is 0 Å². The van der Waals surface area contributed by atoms with Crippen molar-refractivity contribution >= 4 is 0 Å². The lowest BCUT2D eigenvalue weighted by molar-refractivity contribution is 0.397. The van der Waals surface area contributed by atoms with Crippen LogP contribution in [0, 0.1) is 0 Å². The SMILES string of the molecule is CCc1cccc(CC)c1-c1cc(O)c(O)cc1O. The van der Waals surface area contributed by atoms with Crippen molar-refractivity contribution in [3.63, 3.8) is 0 Å². The maximum atomic E-state index is 10.0. The maximum absolute atomic E-state index is 10.0. The zero-order valence-corrected chi connectivity index (χ0v) is 11.1. The molecule has 100 valence electrons. The Morgan fingerprint density at radius 2 is 1.32 bits per heavy atom. The topological polar surface area (TPSA) is 60.7 Å². The predicted molar refractivity (Wildman–Crippen MR) is 75.6 cm³/mol. The molecular formula is C16H18O3. The first kappa shape index (κ1) is 13.3. The van der Waals surface area contributed by atoms with Crippen molar-refractivity contribution in [3.05, 3.63) is 41.5 Å². The molecule has 2 aromatic carbocycles. The summed E-state index contributed by atoms with van der Waals surface area (Å²) in [5, 5.41) is 29.1. The number of phenols is 3. The Bertz CT molecular complexity index is 581. The van der Waals surface area contributed by atoms with Crippen LogP contribution in [0.3, 0.4) is 0 Å². The highest BCUT2D eigenvalue weighted by Gasteiger charge is 2.15. The first-order valence-electron chi connectivity index (χ1n) is 6.44. The molecule has 3 N–H and O–H groups in total. The number of benzene rings is 2. The zero-order valence-electron chi connectivity index (χ0n) is 11.1. The van der Waals surface area contributed by atoms with Crippen molar-refractivity contribution in [3.8, 4) is 28.4 Å². The second kappa shape index (κ2) is 5.22. The molecule has 0 aromatic heterocycles. The Morgan fingerprint density at radius 3 is 1.84 bits per heavy atom. The van der Waals surface area contributed by atoms with Gasteiger partial charge in [-0.25, -0.2) is 0 Å². The lowest BCUT2D eigenvalue weighted by Crippen LogP contribution is -1.94. The number of aromatic hydroxyl groups is 3. The summed E-state index contributed by atoms with van der Waals surface area (Å²) in [6.07, 6.45) is 1.68. The number of hydrogen-bond donors (Lipinski definition) is 3. The predicted octanol–water partition coefficient (Wildman–Crippen LogP) is 3.60. The third-order valence-corrected chi connectivity index (χ3v) is 3.36. The van der Waals surface area contributed by atoms with E-state index in [1.165, 1.54) is 12.1 Å². The molecule has 0 amide bonds. The summed E-state index contributed by atoms with van der Waals surface area (Å²) < 4.78 is 0. The van der Waals surface area contributed by atoms with E-state index in [2.05, 4.69) is 13.8 Å². The Hall–Kier alpha value is -2.16. The van der Waals surface area contributed by atoms with E-state index in [4.69, 9.17) is 0 Å².